The summed E-state index contributed by atoms with van der Waals surface area (Å²) in [5, 5.41) is 3.03. The number of morpholine rings is 1. The molecule has 2 aromatic rings. The number of nitrogens with zero attached hydrogens (tertiary/aromatic N) is 1. The van der Waals surface area contributed by atoms with Crippen LogP contribution in [0.25, 0.3) is 11.6 Å². The molecule has 3 aliphatic rings. The molecular formula is C25H31N3O2. The maximum absolute atomic E-state index is 12.7. The average molecular weight is 406 g/mol. The van der Waals surface area contributed by atoms with E-state index in [-0.39, 0.29) is 5.91 Å². The minimum atomic E-state index is -0.00468. The van der Waals surface area contributed by atoms with E-state index in [9.17, 15) is 4.79 Å². The van der Waals surface area contributed by atoms with Gasteiger partial charge in [-0.3, -0.25) is 9.69 Å². The second-order valence-electron chi connectivity index (χ2n) is 8.75. The van der Waals surface area contributed by atoms with Crippen LogP contribution in [-0.4, -0.2) is 48.6 Å². The molecule has 5 rings (SSSR count). The summed E-state index contributed by atoms with van der Waals surface area (Å²) in [6.45, 7) is 6.97. The van der Waals surface area contributed by atoms with Crippen LogP contribution in [0.5, 0.6) is 0 Å². The Morgan fingerprint density at radius 1 is 1.23 bits per heavy atom. The molecule has 1 unspecified atom stereocenters. The summed E-state index contributed by atoms with van der Waals surface area (Å²) in [5.41, 5.74) is 7.86. The van der Waals surface area contributed by atoms with E-state index in [4.69, 9.17) is 4.74 Å². The largest absolute Gasteiger partial charge is 0.379 e. The normalized spacial score (nSPS) is 22.8. The highest BCUT2D eigenvalue weighted by Gasteiger charge is 2.26. The van der Waals surface area contributed by atoms with Crippen molar-refractivity contribution in [3.63, 3.8) is 0 Å². The number of aryl methyl sites for hydroxylation is 1. The van der Waals surface area contributed by atoms with Gasteiger partial charge in [0.25, 0.3) is 5.91 Å². The van der Waals surface area contributed by atoms with E-state index >= 15 is 0 Å². The van der Waals surface area contributed by atoms with Crippen LogP contribution in [0.3, 0.4) is 0 Å². The van der Waals surface area contributed by atoms with Gasteiger partial charge >= 0.3 is 0 Å². The van der Waals surface area contributed by atoms with Gasteiger partial charge < -0.3 is 15.0 Å². The van der Waals surface area contributed by atoms with Crippen molar-refractivity contribution in [2.75, 3.05) is 38.2 Å². The number of aromatic amines is 1. The number of anilines is 1. The number of rotatable bonds is 5. The summed E-state index contributed by atoms with van der Waals surface area (Å²) in [6.07, 6.45) is 7.84. The Morgan fingerprint density at radius 3 is 2.93 bits per heavy atom. The van der Waals surface area contributed by atoms with Crippen LogP contribution < -0.4 is 5.32 Å². The van der Waals surface area contributed by atoms with Crippen molar-refractivity contribution in [1.29, 1.82) is 0 Å². The predicted molar refractivity (Wildman–Crippen MR) is 121 cm³/mol. The molecule has 0 radical (unpaired) electrons. The maximum atomic E-state index is 12.7. The van der Waals surface area contributed by atoms with Gasteiger partial charge in [-0.25, -0.2) is 0 Å². The smallest absolute Gasteiger partial charge is 0.256 e. The highest BCUT2D eigenvalue weighted by atomic mass is 16.5. The fraction of sp³-hybridized carbons (Fsp3) is 0.480. The molecule has 1 aromatic carbocycles. The van der Waals surface area contributed by atoms with Crippen molar-refractivity contribution in [1.82, 2.24) is 9.88 Å². The Hall–Kier alpha value is -2.37. The lowest BCUT2D eigenvalue weighted by Gasteiger charge is -2.26. The average Bonchev–Trinajstić information content (AvgIpc) is 3.33. The van der Waals surface area contributed by atoms with Crippen LogP contribution in [0.4, 0.5) is 5.69 Å². The van der Waals surface area contributed by atoms with Crippen LogP contribution in [0, 0.1) is 0 Å². The van der Waals surface area contributed by atoms with E-state index in [1.165, 1.54) is 36.1 Å². The molecule has 3 heterocycles. The molecule has 5 nitrogen and oxygen atoms in total. The number of amides is 1. The van der Waals surface area contributed by atoms with Gasteiger partial charge in [-0.05, 0) is 73.4 Å². The summed E-state index contributed by atoms with van der Waals surface area (Å²) in [4.78, 5) is 18.7. The molecule has 158 valence electrons. The number of ether oxygens (including phenoxy) is 1. The van der Waals surface area contributed by atoms with E-state index in [2.05, 4.69) is 46.4 Å². The summed E-state index contributed by atoms with van der Waals surface area (Å²) < 4.78 is 5.44. The molecule has 5 heteroatoms. The molecule has 0 saturated carbocycles. The molecule has 0 bridgehead atoms. The van der Waals surface area contributed by atoms with E-state index in [1.807, 2.05) is 6.08 Å². The molecular weight excluding hydrogens is 374 g/mol. The molecule has 30 heavy (non-hydrogen) atoms. The van der Waals surface area contributed by atoms with Gasteiger partial charge in [-0.15, -0.1) is 0 Å². The quantitative estimate of drug-likeness (QED) is 0.733. The molecule has 2 aliphatic heterocycles. The monoisotopic (exact) mass is 405 g/mol. The number of carbonyl (C=O) groups is 1. The third-order valence-corrected chi connectivity index (χ3v) is 6.85. The van der Waals surface area contributed by atoms with Crippen molar-refractivity contribution in [2.45, 2.75) is 44.9 Å². The van der Waals surface area contributed by atoms with Gasteiger partial charge in [-0.1, -0.05) is 13.0 Å². The number of aromatic nitrogens is 1. The zero-order valence-electron chi connectivity index (χ0n) is 17.8. The van der Waals surface area contributed by atoms with Crippen LogP contribution >= 0.6 is 0 Å². The van der Waals surface area contributed by atoms with Gasteiger partial charge in [0.05, 0.1) is 18.8 Å². The van der Waals surface area contributed by atoms with Crippen LogP contribution in [-0.2, 0) is 22.4 Å². The van der Waals surface area contributed by atoms with Gasteiger partial charge in [0.15, 0.2) is 0 Å². The summed E-state index contributed by atoms with van der Waals surface area (Å²) in [7, 11) is 0. The minimum Gasteiger partial charge on any atom is -0.379 e. The van der Waals surface area contributed by atoms with Crippen LogP contribution in [0.2, 0.25) is 0 Å². The fourth-order valence-corrected chi connectivity index (χ4v) is 5.09. The van der Waals surface area contributed by atoms with Crippen molar-refractivity contribution in [3.05, 3.63) is 52.3 Å². The predicted octanol–water partition coefficient (Wildman–Crippen LogP) is 4.21. The lowest BCUT2D eigenvalue weighted by atomic mass is 9.85. The van der Waals surface area contributed by atoms with E-state index in [0.717, 1.165) is 68.2 Å². The van der Waals surface area contributed by atoms with Gasteiger partial charge in [0.2, 0.25) is 0 Å². The van der Waals surface area contributed by atoms with E-state index < -0.39 is 0 Å². The standard InChI is InChI=1S/C25H31N3O2/c1-2-18-4-3-5-23-20(18)15-19(26-23)16-22-21-14-17(6-7-24(21)27-25(22)29)8-9-28-10-12-30-13-11-28/h6-7,14-16,18,26H,2-5,8-13H2,1H3,(H,27,29). The SMILES string of the molecule is CCC1CCCc2[nH]c(C=C3C(=O)Nc4ccc(CCN5CCOCC5)cc43)cc21. The lowest BCUT2D eigenvalue weighted by Crippen LogP contribution is -2.37. The molecule has 1 aliphatic carbocycles. The summed E-state index contributed by atoms with van der Waals surface area (Å²) in [6, 6.07) is 8.65. The Morgan fingerprint density at radius 2 is 2.10 bits per heavy atom. The Bertz CT molecular complexity index is 969. The zero-order valence-corrected chi connectivity index (χ0v) is 17.8. The fourth-order valence-electron chi connectivity index (χ4n) is 5.09. The molecule has 2 N–H and O–H groups in total. The molecule has 1 fully saturated rings. The first-order chi connectivity index (χ1) is 14.7. The van der Waals surface area contributed by atoms with Crippen LogP contribution in [0.15, 0.2) is 24.3 Å². The Labute approximate surface area is 178 Å². The first-order valence-corrected chi connectivity index (χ1v) is 11.4. The highest BCUT2D eigenvalue weighted by Crippen LogP contribution is 2.37. The van der Waals surface area contributed by atoms with Gasteiger partial charge in [0, 0.05) is 42.3 Å². The maximum Gasteiger partial charge on any atom is 0.256 e. The van der Waals surface area contributed by atoms with Crippen molar-refractivity contribution < 1.29 is 9.53 Å². The van der Waals surface area contributed by atoms with Gasteiger partial charge in [-0.2, -0.15) is 0 Å². The van der Waals surface area contributed by atoms with E-state index in [1.54, 1.807) is 0 Å². The molecule has 1 atom stereocenters. The Kier molecular flexibility index (Phi) is 5.48. The topological polar surface area (TPSA) is 57.4 Å². The molecule has 1 aromatic heterocycles. The second kappa shape index (κ2) is 8.40. The van der Waals surface area contributed by atoms with Crippen LogP contribution in [0.1, 0.15) is 60.2 Å². The van der Waals surface area contributed by atoms with Crippen molar-refractivity contribution in [3.8, 4) is 0 Å². The zero-order chi connectivity index (χ0) is 20.5. The van der Waals surface area contributed by atoms with Crippen molar-refractivity contribution in [2.24, 2.45) is 0 Å². The summed E-state index contributed by atoms with van der Waals surface area (Å²) >= 11 is 0. The first-order valence-electron chi connectivity index (χ1n) is 11.4. The first kappa shape index (κ1) is 19.6. The van der Waals surface area contributed by atoms with E-state index in [0.29, 0.717) is 5.92 Å². The number of hydrogen-bond acceptors (Lipinski definition) is 3. The third kappa shape index (κ3) is 3.84. The van der Waals surface area contributed by atoms with Crippen molar-refractivity contribution >= 4 is 23.2 Å². The van der Waals surface area contributed by atoms with Gasteiger partial charge in [0.1, 0.15) is 0 Å². The number of hydrogen-bond donors (Lipinski definition) is 2. The summed E-state index contributed by atoms with van der Waals surface area (Å²) in [5.74, 6) is 0.642. The highest BCUT2D eigenvalue weighted by molar-refractivity contribution is 6.34. The number of carbonyl (C=O) groups excluding carboxylic acids is 1. The number of H-pyrrole nitrogens is 1. The Balaban J connectivity index is 1.38. The minimum absolute atomic E-state index is 0.00468. The number of nitrogens with one attached hydrogen (secondary N) is 2. The third-order valence-electron chi connectivity index (χ3n) is 6.85. The number of fused-ring (bicyclic) bond motifs is 2. The second-order valence-corrected chi connectivity index (χ2v) is 8.75. The lowest BCUT2D eigenvalue weighted by molar-refractivity contribution is -0.110. The molecule has 0 spiro atoms. The number of benzene rings is 1. The molecule has 1 saturated heterocycles. The molecule has 1 amide bonds.